The van der Waals surface area contributed by atoms with Gasteiger partial charge in [-0.15, -0.1) is 0 Å². The van der Waals surface area contributed by atoms with Gasteiger partial charge in [-0.25, -0.2) is 0 Å². The molecule has 88 valence electrons. The van der Waals surface area contributed by atoms with Gasteiger partial charge in [-0.05, 0) is 35.8 Å². The second-order valence-electron chi connectivity index (χ2n) is 3.47. The summed E-state index contributed by atoms with van der Waals surface area (Å²) in [5.74, 6) is -0.216. The Balaban J connectivity index is 3.23. The van der Waals surface area contributed by atoms with Gasteiger partial charge in [0.1, 0.15) is 5.56 Å². The Labute approximate surface area is 103 Å². The van der Waals surface area contributed by atoms with Crippen LogP contribution in [0, 0.1) is 0 Å². The largest absolute Gasteiger partial charge is 0.339 e. The lowest BCUT2D eigenvalue weighted by molar-refractivity contribution is 0.0770. The Morgan fingerprint density at radius 1 is 1.44 bits per heavy atom. The molecule has 16 heavy (non-hydrogen) atoms. The van der Waals surface area contributed by atoms with Gasteiger partial charge in [0, 0.05) is 30.8 Å². The Morgan fingerprint density at radius 2 is 2.00 bits per heavy atom. The Kier molecular flexibility index (Phi) is 4.29. The molecular weight excluding hydrogens is 272 g/mol. The van der Waals surface area contributed by atoms with Crippen molar-refractivity contribution in [3.63, 3.8) is 0 Å². The minimum Gasteiger partial charge on any atom is -0.339 e. The van der Waals surface area contributed by atoms with E-state index in [1.54, 1.807) is 24.2 Å². The standard InChI is InChI=1S/C11H15BrN2O2/c1-4-14(5-2)11(16)9-6-8(12)7-13(3)10(9)15/h6-7H,4-5H2,1-3H3. The summed E-state index contributed by atoms with van der Waals surface area (Å²) in [6.07, 6.45) is 1.64. The quantitative estimate of drug-likeness (QED) is 0.848. The molecule has 0 spiro atoms. The van der Waals surface area contributed by atoms with Crippen LogP contribution in [0.4, 0.5) is 0 Å². The molecule has 0 N–H and O–H groups in total. The number of carbonyl (C=O) groups excluding carboxylic acids is 1. The van der Waals surface area contributed by atoms with Crippen LogP contribution in [0.3, 0.4) is 0 Å². The molecular formula is C11H15BrN2O2. The van der Waals surface area contributed by atoms with E-state index in [2.05, 4.69) is 15.9 Å². The maximum Gasteiger partial charge on any atom is 0.263 e. The van der Waals surface area contributed by atoms with Crippen molar-refractivity contribution in [1.29, 1.82) is 0 Å². The average Bonchev–Trinajstić information content (AvgIpc) is 2.24. The number of rotatable bonds is 3. The van der Waals surface area contributed by atoms with Crippen molar-refractivity contribution >= 4 is 21.8 Å². The van der Waals surface area contributed by atoms with Crippen molar-refractivity contribution in [1.82, 2.24) is 9.47 Å². The van der Waals surface area contributed by atoms with Gasteiger partial charge in [-0.1, -0.05) is 0 Å². The molecule has 0 unspecified atom stereocenters. The maximum absolute atomic E-state index is 12.0. The third-order valence-corrected chi connectivity index (χ3v) is 2.86. The van der Waals surface area contributed by atoms with E-state index in [0.29, 0.717) is 13.1 Å². The molecule has 4 nitrogen and oxygen atoms in total. The molecule has 0 aliphatic rings. The highest BCUT2D eigenvalue weighted by Gasteiger charge is 2.17. The van der Waals surface area contributed by atoms with Crippen LogP contribution < -0.4 is 5.56 Å². The number of aromatic nitrogens is 1. The first-order valence-corrected chi connectivity index (χ1v) is 5.96. The van der Waals surface area contributed by atoms with Gasteiger partial charge in [-0.3, -0.25) is 9.59 Å². The van der Waals surface area contributed by atoms with Crippen molar-refractivity contribution in [2.75, 3.05) is 13.1 Å². The molecule has 0 aromatic carbocycles. The van der Waals surface area contributed by atoms with Gasteiger partial charge in [0.2, 0.25) is 0 Å². The lowest BCUT2D eigenvalue weighted by Gasteiger charge is -2.18. The number of hydrogen-bond acceptors (Lipinski definition) is 2. The maximum atomic E-state index is 12.0. The predicted molar refractivity (Wildman–Crippen MR) is 66.6 cm³/mol. The molecule has 1 heterocycles. The van der Waals surface area contributed by atoms with E-state index in [9.17, 15) is 9.59 Å². The van der Waals surface area contributed by atoms with Gasteiger partial charge >= 0.3 is 0 Å². The summed E-state index contributed by atoms with van der Waals surface area (Å²) in [6.45, 7) is 4.99. The molecule has 0 bridgehead atoms. The van der Waals surface area contributed by atoms with Crippen LogP contribution in [0.5, 0.6) is 0 Å². The summed E-state index contributed by atoms with van der Waals surface area (Å²) >= 11 is 3.28. The third-order valence-electron chi connectivity index (χ3n) is 2.43. The summed E-state index contributed by atoms with van der Waals surface area (Å²) < 4.78 is 2.13. The van der Waals surface area contributed by atoms with E-state index in [0.717, 1.165) is 4.47 Å². The normalized spacial score (nSPS) is 10.2. The van der Waals surface area contributed by atoms with Crippen LogP contribution in [0.15, 0.2) is 21.5 Å². The molecule has 0 saturated carbocycles. The Bertz CT molecular complexity index is 450. The van der Waals surface area contributed by atoms with E-state index < -0.39 is 0 Å². The Hall–Kier alpha value is -1.10. The average molecular weight is 287 g/mol. The zero-order valence-electron chi connectivity index (χ0n) is 9.66. The number of amides is 1. The van der Waals surface area contributed by atoms with E-state index >= 15 is 0 Å². The minimum atomic E-state index is -0.264. The summed E-state index contributed by atoms with van der Waals surface area (Å²) in [5.41, 5.74) is -0.0549. The number of pyridine rings is 1. The fourth-order valence-corrected chi connectivity index (χ4v) is 2.04. The second kappa shape index (κ2) is 5.30. The highest BCUT2D eigenvalue weighted by atomic mass is 79.9. The minimum absolute atomic E-state index is 0.209. The molecule has 1 aromatic heterocycles. The lowest BCUT2D eigenvalue weighted by atomic mass is 10.2. The number of carbonyl (C=O) groups is 1. The van der Waals surface area contributed by atoms with E-state index in [1.807, 2.05) is 13.8 Å². The highest BCUT2D eigenvalue weighted by molar-refractivity contribution is 9.10. The molecule has 5 heteroatoms. The molecule has 1 rings (SSSR count). The van der Waals surface area contributed by atoms with E-state index in [1.165, 1.54) is 4.57 Å². The molecule has 0 aliphatic carbocycles. The summed E-state index contributed by atoms with van der Waals surface area (Å²) in [4.78, 5) is 25.4. The smallest absolute Gasteiger partial charge is 0.263 e. The lowest BCUT2D eigenvalue weighted by Crippen LogP contribution is -2.36. The second-order valence-corrected chi connectivity index (χ2v) is 4.38. The molecule has 1 aromatic rings. The highest BCUT2D eigenvalue weighted by Crippen LogP contribution is 2.09. The summed E-state index contributed by atoms with van der Waals surface area (Å²) in [5, 5.41) is 0. The van der Waals surface area contributed by atoms with Crippen molar-refractivity contribution in [3.05, 3.63) is 32.7 Å². The molecule has 1 amide bonds. The van der Waals surface area contributed by atoms with Crippen molar-refractivity contribution < 1.29 is 4.79 Å². The predicted octanol–water partition coefficient (Wildman–Crippen LogP) is 1.63. The molecule has 0 radical (unpaired) electrons. The van der Waals surface area contributed by atoms with Gasteiger partial charge in [-0.2, -0.15) is 0 Å². The zero-order chi connectivity index (χ0) is 12.3. The first kappa shape index (κ1) is 13.0. The van der Waals surface area contributed by atoms with Crippen LogP contribution in [-0.4, -0.2) is 28.5 Å². The molecule has 0 fully saturated rings. The van der Waals surface area contributed by atoms with E-state index in [4.69, 9.17) is 0 Å². The van der Waals surface area contributed by atoms with Crippen LogP contribution >= 0.6 is 15.9 Å². The van der Waals surface area contributed by atoms with Crippen molar-refractivity contribution in [3.8, 4) is 0 Å². The number of aryl methyl sites for hydroxylation is 1. The Morgan fingerprint density at radius 3 is 2.50 bits per heavy atom. The van der Waals surface area contributed by atoms with Crippen LogP contribution in [0.25, 0.3) is 0 Å². The van der Waals surface area contributed by atoms with Gasteiger partial charge in [0.25, 0.3) is 11.5 Å². The van der Waals surface area contributed by atoms with Gasteiger partial charge in [0.15, 0.2) is 0 Å². The first-order chi connectivity index (χ1) is 7.51. The van der Waals surface area contributed by atoms with Crippen molar-refractivity contribution in [2.24, 2.45) is 7.05 Å². The number of halogens is 1. The summed E-state index contributed by atoms with van der Waals surface area (Å²) in [6, 6.07) is 1.57. The number of nitrogens with zero attached hydrogens (tertiary/aromatic N) is 2. The third kappa shape index (κ3) is 2.52. The SMILES string of the molecule is CCN(CC)C(=O)c1cc(Br)cn(C)c1=O. The van der Waals surface area contributed by atoms with E-state index in [-0.39, 0.29) is 17.0 Å². The fourth-order valence-electron chi connectivity index (χ4n) is 1.50. The zero-order valence-corrected chi connectivity index (χ0v) is 11.2. The van der Waals surface area contributed by atoms with Gasteiger partial charge in [0.05, 0.1) is 0 Å². The molecule has 0 atom stereocenters. The molecule has 0 saturated heterocycles. The van der Waals surface area contributed by atoms with Crippen LogP contribution in [0.1, 0.15) is 24.2 Å². The van der Waals surface area contributed by atoms with Crippen LogP contribution in [0.2, 0.25) is 0 Å². The van der Waals surface area contributed by atoms with Crippen molar-refractivity contribution in [2.45, 2.75) is 13.8 Å². The number of hydrogen-bond donors (Lipinski definition) is 0. The first-order valence-electron chi connectivity index (χ1n) is 5.16. The van der Waals surface area contributed by atoms with Crippen LogP contribution in [-0.2, 0) is 7.05 Å². The molecule has 0 aliphatic heterocycles. The van der Waals surface area contributed by atoms with Gasteiger partial charge < -0.3 is 9.47 Å². The fraction of sp³-hybridized carbons (Fsp3) is 0.455. The summed E-state index contributed by atoms with van der Waals surface area (Å²) in [7, 11) is 1.63. The topological polar surface area (TPSA) is 42.3 Å². The monoisotopic (exact) mass is 286 g/mol.